The highest BCUT2D eigenvalue weighted by Gasteiger charge is 2.18. The minimum Gasteiger partial charge on any atom is -0.478 e. The van der Waals surface area contributed by atoms with E-state index in [1.54, 1.807) is 13.2 Å². The number of nitrogens with zero attached hydrogens (tertiary/aromatic N) is 2. The number of aromatic nitrogens is 2. The van der Waals surface area contributed by atoms with E-state index in [0.717, 1.165) is 18.5 Å². The van der Waals surface area contributed by atoms with Crippen LogP contribution in [-0.2, 0) is 6.42 Å². The van der Waals surface area contributed by atoms with E-state index < -0.39 is 0 Å². The van der Waals surface area contributed by atoms with E-state index in [1.807, 2.05) is 6.92 Å². The van der Waals surface area contributed by atoms with Gasteiger partial charge in [-0.05, 0) is 37.5 Å². The molecule has 24 heavy (non-hydrogen) atoms. The maximum Gasteiger partial charge on any atom is 0.257 e. The summed E-state index contributed by atoms with van der Waals surface area (Å²) in [5, 5.41) is 3.69. The Bertz CT molecular complexity index is 705. The van der Waals surface area contributed by atoms with Gasteiger partial charge in [0.2, 0.25) is 0 Å². The summed E-state index contributed by atoms with van der Waals surface area (Å²) < 4.78 is 18.7. The van der Waals surface area contributed by atoms with Gasteiger partial charge in [-0.1, -0.05) is 32.4 Å². The molecule has 0 bridgehead atoms. The zero-order valence-electron chi connectivity index (χ0n) is 14.5. The second-order valence-corrected chi connectivity index (χ2v) is 5.92. The SMILES string of the molecule is CCc1nc(NC(CC)CC)c(OC)nc1-c1ccc(F)cc1Cl. The Kier molecular flexibility index (Phi) is 6.37. The van der Waals surface area contributed by atoms with Crippen LogP contribution < -0.4 is 10.1 Å². The zero-order chi connectivity index (χ0) is 17.7. The molecule has 1 N–H and O–H groups in total. The molecule has 130 valence electrons. The Morgan fingerprint density at radius 2 is 1.92 bits per heavy atom. The molecule has 0 aliphatic rings. The molecule has 2 aromatic rings. The summed E-state index contributed by atoms with van der Waals surface area (Å²) in [5.41, 5.74) is 2.06. The van der Waals surface area contributed by atoms with Crippen molar-refractivity contribution in [3.8, 4) is 17.1 Å². The molecule has 1 aromatic carbocycles. The van der Waals surface area contributed by atoms with Crippen molar-refractivity contribution in [2.75, 3.05) is 12.4 Å². The first kappa shape index (κ1) is 18.5. The van der Waals surface area contributed by atoms with Crippen LogP contribution in [0.1, 0.15) is 39.3 Å². The molecule has 0 radical (unpaired) electrons. The van der Waals surface area contributed by atoms with Crippen molar-refractivity contribution >= 4 is 17.4 Å². The van der Waals surface area contributed by atoms with E-state index in [-0.39, 0.29) is 5.82 Å². The first-order valence-electron chi connectivity index (χ1n) is 8.20. The lowest BCUT2D eigenvalue weighted by Gasteiger charge is -2.19. The normalized spacial score (nSPS) is 11.0. The van der Waals surface area contributed by atoms with E-state index >= 15 is 0 Å². The van der Waals surface area contributed by atoms with Crippen molar-refractivity contribution in [1.29, 1.82) is 0 Å². The molecule has 0 atom stereocenters. The van der Waals surface area contributed by atoms with Gasteiger partial charge in [0.25, 0.3) is 5.88 Å². The van der Waals surface area contributed by atoms with E-state index in [2.05, 4.69) is 29.1 Å². The van der Waals surface area contributed by atoms with Gasteiger partial charge in [-0.25, -0.2) is 14.4 Å². The number of methoxy groups -OCH3 is 1. The van der Waals surface area contributed by atoms with Crippen molar-refractivity contribution in [3.63, 3.8) is 0 Å². The second-order valence-electron chi connectivity index (χ2n) is 5.51. The van der Waals surface area contributed by atoms with Crippen LogP contribution in [-0.4, -0.2) is 23.1 Å². The first-order valence-corrected chi connectivity index (χ1v) is 8.58. The van der Waals surface area contributed by atoms with Crippen molar-refractivity contribution in [2.45, 2.75) is 46.1 Å². The number of hydrogen-bond donors (Lipinski definition) is 1. The topological polar surface area (TPSA) is 47.0 Å². The number of halogens is 2. The molecule has 0 saturated carbocycles. The Morgan fingerprint density at radius 1 is 1.21 bits per heavy atom. The lowest BCUT2D eigenvalue weighted by atomic mass is 10.1. The molecule has 0 aliphatic heterocycles. The molecule has 0 spiro atoms. The fraction of sp³-hybridized carbons (Fsp3) is 0.444. The third-order valence-electron chi connectivity index (χ3n) is 3.98. The van der Waals surface area contributed by atoms with Crippen LogP contribution in [0.5, 0.6) is 5.88 Å². The summed E-state index contributed by atoms with van der Waals surface area (Å²) in [6.07, 6.45) is 2.64. The quantitative estimate of drug-likeness (QED) is 0.753. The van der Waals surface area contributed by atoms with Crippen LogP contribution in [0, 0.1) is 5.82 Å². The number of ether oxygens (including phenoxy) is 1. The Hall–Kier alpha value is -1.88. The minimum atomic E-state index is -0.381. The fourth-order valence-electron chi connectivity index (χ4n) is 2.52. The molecule has 1 heterocycles. The number of aryl methyl sites for hydroxylation is 1. The van der Waals surface area contributed by atoms with Crippen LogP contribution in [0.2, 0.25) is 5.02 Å². The zero-order valence-corrected chi connectivity index (χ0v) is 15.2. The first-order chi connectivity index (χ1) is 11.5. The number of hydrogen-bond acceptors (Lipinski definition) is 4. The van der Waals surface area contributed by atoms with E-state index in [0.29, 0.717) is 40.4 Å². The standard InChI is InChI=1S/C18H23ClFN3O/c1-5-12(6-2)21-17-18(24-4)23-16(15(7-3)22-17)13-9-8-11(20)10-14(13)19/h8-10,12H,5-7H2,1-4H3,(H,21,22). The lowest BCUT2D eigenvalue weighted by molar-refractivity contribution is 0.397. The third kappa shape index (κ3) is 3.96. The van der Waals surface area contributed by atoms with Crippen LogP contribution in [0.3, 0.4) is 0 Å². The van der Waals surface area contributed by atoms with Crippen LogP contribution in [0.25, 0.3) is 11.3 Å². The number of nitrogens with one attached hydrogen (secondary N) is 1. The largest absolute Gasteiger partial charge is 0.478 e. The van der Waals surface area contributed by atoms with Gasteiger partial charge in [0.15, 0.2) is 5.82 Å². The molecular formula is C18H23ClFN3O. The molecule has 0 fully saturated rings. The number of anilines is 1. The Balaban J connectivity index is 2.53. The minimum absolute atomic E-state index is 0.304. The molecule has 0 aliphatic carbocycles. The van der Waals surface area contributed by atoms with Crippen LogP contribution in [0.15, 0.2) is 18.2 Å². The maximum absolute atomic E-state index is 13.3. The molecule has 0 unspecified atom stereocenters. The summed E-state index contributed by atoms with van der Waals surface area (Å²) in [6.45, 7) is 6.24. The summed E-state index contributed by atoms with van der Waals surface area (Å²) >= 11 is 6.19. The van der Waals surface area contributed by atoms with Gasteiger partial charge in [-0.3, -0.25) is 0 Å². The molecule has 1 aromatic heterocycles. The fourth-order valence-corrected chi connectivity index (χ4v) is 2.78. The molecule has 6 heteroatoms. The van der Waals surface area contributed by atoms with Crippen LogP contribution >= 0.6 is 11.6 Å². The predicted octanol–water partition coefficient (Wildman–Crippen LogP) is 5.11. The van der Waals surface area contributed by atoms with Crippen molar-refractivity contribution in [1.82, 2.24) is 9.97 Å². The Morgan fingerprint density at radius 3 is 2.46 bits per heavy atom. The molecule has 0 saturated heterocycles. The molecule has 0 amide bonds. The number of benzene rings is 1. The number of rotatable bonds is 7. The average molecular weight is 352 g/mol. The van der Waals surface area contributed by atoms with E-state index in [4.69, 9.17) is 16.3 Å². The maximum atomic E-state index is 13.3. The summed E-state index contributed by atoms with van der Waals surface area (Å²) in [5.74, 6) is 0.660. The van der Waals surface area contributed by atoms with Crippen molar-refractivity contribution in [3.05, 3.63) is 34.7 Å². The van der Waals surface area contributed by atoms with Crippen molar-refractivity contribution < 1.29 is 9.13 Å². The van der Waals surface area contributed by atoms with Gasteiger partial charge < -0.3 is 10.1 Å². The van der Waals surface area contributed by atoms with Gasteiger partial charge in [-0.2, -0.15) is 0 Å². The molecule has 4 nitrogen and oxygen atoms in total. The highest BCUT2D eigenvalue weighted by molar-refractivity contribution is 6.33. The summed E-state index contributed by atoms with van der Waals surface area (Å²) in [4.78, 5) is 9.28. The highest BCUT2D eigenvalue weighted by Crippen LogP contribution is 2.33. The van der Waals surface area contributed by atoms with Gasteiger partial charge in [0, 0.05) is 11.6 Å². The average Bonchev–Trinajstić information content (AvgIpc) is 2.59. The monoisotopic (exact) mass is 351 g/mol. The van der Waals surface area contributed by atoms with E-state index in [1.165, 1.54) is 12.1 Å². The van der Waals surface area contributed by atoms with Gasteiger partial charge in [0.1, 0.15) is 5.82 Å². The van der Waals surface area contributed by atoms with Gasteiger partial charge in [0.05, 0.1) is 23.5 Å². The van der Waals surface area contributed by atoms with Crippen LogP contribution in [0.4, 0.5) is 10.2 Å². The third-order valence-corrected chi connectivity index (χ3v) is 4.29. The van der Waals surface area contributed by atoms with Gasteiger partial charge >= 0.3 is 0 Å². The molecular weight excluding hydrogens is 329 g/mol. The lowest BCUT2D eigenvalue weighted by Crippen LogP contribution is -2.19. The Labute approximate surface area is 147 Å². The van der Waals surface area contributed by atoms with Crippen molar-refractivity contribution in [2.24, 2.45) is 0 Å². The molecule has 2 rings (SSSR count). The summed E-state index contributed by atoms with van der Waals surface area (Å²) in [7, 11) is 1.56. The summed E-state index contributed by atoms with van der Waals surface area (Å²) in [6, 6.07) is 4.57. The van der Waals surface area contributed by atoms with Gasteiger partial charge in [-0.15, -0.1) is 0 Å². The highest BCUT2D eigenvalue weighted by atomic mass is 35.5. The van der Waals surface area contributed by atoms with E-state index in [9.17, 15) is 4.39 Å². The predicted molar refractivity (Wildman–Crippen MR) is 96.4 cm³/mol. The smallest absolute Gasteiger partial charge is 0.257 e. The second kappa shape index (κ2) is 8.29.